The van der Waals surface area contributed by atoms with Crippen LogP contribution in [0, 0.1) is 5.92 Å². The quantitative estimate of drug-likeness (QED) is 0.684. The largest absolute Gasteiger partial charge is 0.417 e. The zero-order valence-electron chi connectivity index (χ0n) is 17.2. The first-order chi connectivity index (χ1) is 14.5. The van der Waals surface area contributed by atoms with Crippen LogP contribution in [0.1, 0.15) is 52.7 Å². The van der Waals surface area contributed by atoms with Gasteiger partial charge < -0.3 is 15.0 Å². The van der Waals surface area contributed by atoms with E-state index in [4.69, 9.17) is 4.74 Å². The minimum absolute atomic E-state index is 0.268. The topological polar surface area (TPSA) is 41.6 Å². The molecule has 0 aromatic heterocycles. The Hall–Kier alpha value is -1.81. The third-order valence-corrected chi connectivity index (χ3v) is 6.14. The van der Waals surface area contributed by atoms with Crippen molar-refractivity contribution in [3.8, 4) is 0 Å². The first-order valence-corrected chi connectivity index (χ1v) is 10.4. The van der Waals surface area contributed by atoms with Crippen molar-refractivity contribution in [3.05, 3.63) is 34.4 Å². The van der Waals surface area contributed by atoms with Gasteiger partial charge in [0.25, 0.3) is 5.91 Å². The molecule has 0 unspecified atom stereocenters. The van der Waals surface area contributed by atoms with E-state index in [9.17, 15) is 31.1 Å². The minimum atomic E-state index is -5.10. The summed E-state index contributed by atoms with van der Waals surface area (Å²) < 4.78 is 88.5. The second kappa shape index (κ2) is 9.36. The van der Waals surface area contributed by atoms with E-state index in [-0.39, 0.29) is 12.0 Å². The summed E-state index contributed by atoms with van der Waals surface area (Å²) in [6, 6.07) is 1.03. The summed E-state index contributed by atoms with van der Waals surface area (Å²) in [7, 11) is 1.41. The number of amides is 1. The number of alkyl halides is 6. The molecule has 31 heavy (non-hydrogen) atoms. The Balaban J connectivity index is 2.08. The lowest BCUT2D eigenvalue weighted by Crippen LogP contribution is -2.44. The van der Waals surface area contributed by atoms with Crippen LogP contribution in [-0.2, 0) is 23.5 Å². The van der Waals surface area contributed by atoms with Gasteiger partial charge in [-0.2, -0.15) is 26.3 Å². The number of rotatable bonds is 4. The van der Waals surface area contributed by atoms with Gasteiger partial charge in [-0.3, -0.25) is 4.79 Å². The molecule has 0 aliphatic carbocycles. The van der Waals surface area contributed by atoms with Crippen molar-refractivity contribution in [1.29, 1.82) is 0 Å². The predicted octanol–water partition coefficient (Wildman–Crippen LogP) is 4.52. The molecule has 0 atom stereocenters. The SMILES string of the molecule is CN(C(=O)c1ccc(C(F)(F)F)c(CC2CCOCC2)c1C(F)(F)F)C1CCNCC1. The number of ether oxygens (including phenoxy) is 1. The molecule has 3 rings (SSSR count). The highest BCUT2D eigenvalue weighted by Crippen LogP contribution is 2.43. The number of hydrogen-bond acceptors (Lipinski definition) is 3. The Kier molecular flexibility index (Phi) is 7.20. The van der Waals surface area contributed by atoms with Crippen molar-refractivity contribution in [1.82, 2.24) is 10.2 Å². The van der Waals surface area contributed by atoms with Gasteiger partial charge in [0, 0.05) is 26.3 Å². The maximum Gasteiger partial charge on any atom is 0.417 e. The van der Waals surface area contributed by atoms with Gasteiger partial charge in [-0.05, 0) is 68.8 Å². The van der Waals surface area contributed by atoms with E-state index in [1.54, 1.807) is 0 Å². The molecule has 1 amide bonds. The molecule has 2 heterocycles. The van der Waals surface area contributed by atoms with Crippen molar-refractivity contribution >= 4 is 5.91 Å². The van der Waals surface area contributed by atoms with Crippen LogP contribution in [-0.4, -0.2) is 50.2 Å². The Morgan fingerprint density at radius 2 is 1.65 bits per heavy atom. The van der Waals surface area contributed by atoms with Crippen LogP contribution in [0.2, 0.25) is 0 Å². The third-order valence-electron chi connectivity index (χ3n) is 6.14. The second-order valence-electron chi connectivity index (χ2n) is 8.17. The molecule has 0 bridgehead atoms. The fourth-order valence-corrected chi connectivity index (χ4v) is 4.42. The number of carbonyl (C=O) groups is 1. The van der Waals surface area contributed by atoms with Gasteiger partial charge in [0.05, 0.1) is 16.7 Å². The number of nitrogens with one attached hydrogen (secondary N) is 1. The number of piperidine rings is 1. The lowest BCUT2D eigenvalue weighted by atomic mass is 9.85. The van der Waals surface area contributed by atoms with Gasteiger partial charge in [-0.15, -0.1) is 0 Å². The molecule has 2 fully saturated rings. The van der Waals surface area contributed by atoms with Gasteiger partial charge in [-0.1, -0.05) is 0 Å². The van der Waals surface area contributed by atoms with E-state index < -0.39 is 46.9 Å². The van der Waals surface area contributed by atoms with Crippen LogP contribution in [0.5, 0.6) is 0 Å². The summed E-state index contributed by atoms with van der Waals surface area (Å²) in [4.78, 5) is 14.3. The lowest BCUT2D eigenvalue weighted by Gasteiger charge is -2.33. The molecule has 0 radical (unpaired) electrons. The zero-order chi connectivity index (χ0) is 22.8. The summed E-state index contributed by atoms with van der Waals surface area (Å²) in [5, 5.41) is 3.11. The van der Waals surface area contributed by atoms with Crippen molar-refractivity contribution in [2.24, 2.45) is 5.92 Å². The molecule has 2 aliphatic rings. The summed E-state index contributed by atoms with van der Waals surface area (Å²) in [5.41, 5.74) is -4.34. The van der Waals surface area contributed by atoms with Crippen molar-refractivity contribution < 1.29 is 35.9 Å². The number of carbonyl (C=O) groups excluding carboxylic acids is 1. The molecule has 1 aromatic carbocycles. The first-order valence-electron chi connectivity index (χ1n) is 10.4. The summed E-state index contributed by atoms with van der Waals surface area (Å²) in [5.74, 6) is -1.27. The lowest BCUT2D eigenvalue weighted by molar-refractivity contribution is -0.144. The Bertz CT molecular complexity index is 781. The molecular weight excluding hydrogens is 426 g/mol. The average molecular weight is 452 g/mol. The fraction of sp³-hybridized carbons (Fsp3) is 0.667. The van der Waals surface area contributed by atoms with E-state index in [0.29, 0.717) is 64.1 Å². The molecule has 2 aliphatic heterocycles. The first kappa shape index (κ1) is 23.8. The highest BCUT2D eigenvalue weighted by atomic mass is 19.4. The van der Waals surface area contributed by atoms with Gasteiger partial charge in [0.2, 0.25) is 0 Å². The van der Waals surface area contributed by atoms with E-state index >= 15 is 0 Å². The van der Waals surface area contributed by atoms with Crippen LogP contribution in [0.25, 0.3) is 0 Å². The van der Waals surface area contributed by atoms with E-state index in [1.165, 1.54) is 11.9 Å². The monoisotopic (exact) mass is 452 g/mol. The zero-order valence-corrected chi connectivity index (χ0v) is 17.2. The Labute approximate surface area is 176 Å². The van der Waals surface area contributed by atoms with Crippen molar-refractivity contribution in [2.75, 3.05) is 33.4 Å². The summed E-state index contributed by atoms with van der Waals surface area (Å²) in [6.07, 6.45) is -8.56. The molecular formula is C21H26F6N2O2. The third kappa shape index (κ3) is 5.52. The van der Waals surface area contributed by atoms with Crippen LogP contribution in [0.3, 0.4) is 0 Å². The Morgan fingerprint density at radius 1 is 1.03 bits per heavy atom. The number of halogens is 6. The highest BCUT2D eigenvalue weighted by molar-refractivity contribution is 5.96. The Morgan fingerprint density at radius 3 is 2.19 bits per heavy atom. The number of nitrogens with zero attached hydrogens (tertiary/aromatic N) is 1. The second-order valence-corrected chi connectivity index (χ2v) is 8.17. The minimum Gasteiger partial charge on any atom is -0.381 e. The van der Waals surface area contributed by atoms with Crippen molar-refractivity contribution in [3.63, 3.8) is 0 Å². The summed E-state index contributed by atoms with van der Waals surface area (Å²) in [6.45, 7) is 1.84. The fourth-order valence-electron chi connectivity index (χ4n) is 4.42. The molecule has 0 spiro atoms. The molecule has 1 aromatic rings. The standard InChI is InChI=1S/C21H26F6N2O2/c1-29(14-4-8-28-9-5-14)19(30)15-2-3-17(20(22,23)24)16(18(15)21(25,26)27)12-13-6-10-31-11-7-13/h2-3,13-14,28H,4-12H2,1H3. The van der Waals surface area contributed by atoms with E-state index in [2.05, 4.69) is 5.32 Å². The molecule has 4 nitrogen and oxygen atoms in total. The summed E-state index contributed by atoms with van der Waals surface area (Å²) >= 11 is 0. The molecule has 1 N–H and O–H groups in total. The smallest absolute Gasteiger partial charge is 0.381 e. The van der Waals surface area contributed by atoms with Gasteiger partial charge in [-0.25, -0.2) is 0 Å². The van der Waals surface area contributed by atoms with Crippen molar-refractivity contribution in [2.45, 2.75) is 50.5 Å². The van der Waals surface area contributed by atoms with Gasteiger partial charge in [0.15, 0.2) is 0 Å². The van der Waals surface area contributed by atoms with Crippen LogP contribution < -0.4 is 5.32 Å². The van der Waals surface area contributed by atoms with E-state index in [1.807, 2.05) is 0 Å². The maximum atomic E-state index is 14.1. The predicted molar refractivity (Wildman–Crippen MR) is 102 cm³/mol. The van der Waals surface area contributed by atoms with Crippen LogP contribution >= 0.6 is 0 Å². The maximum absolute atomic E-state index is 14.1. The van der Waals surface area contributed by atoms with E-state index in [0.717, 1.165) is 0 Å². The molecule has 10 heteroatoms. The van der Waals surface area contributed by atoms with Crippen LogP contribution in [0.15, 0.2) is 12.1 Å². The highest BCUT2D eigenvalue weighted by Gasteiger charge is 2.44. The average Bonchev–Trinajstić information content (AvgIpc) is 2.72. The normalized spacial score (nSPS) is 19.5. The molecule has 174 valence electrons. The van der Waals surface area contributed by atoms with Crippen LogP contribution in [0.4, 0.5) is 26.3 Å². The molecule has 2 saturated heterocycles. The van der Waals surface area contributed by atoms with Gasteiger partial charge >= 0.3 is 12.4 Å². The number of benzene rings is 1. The molecule has 0 saturated carbocycles. The van der Waals surface area contributed by atoms with Gasteiger partial charge in [0.1, 0.15) is 0 Å². The number of hydrogen-bond donors (Lipinski definition) is 1.